The van der Waals surface area contributed by atoms with Crippen LogP contribution >= 0.6 is 0 Å². The van der Waals surface area contributed by atoms with Crippen LogP contribution in [0.25, 0.3) is 5.65 Å². The summed E-state index contributed by atoms with van der Waals surface area (Å²) in [5.74, 6) is -1.23. The summed E-state index contributed by atoms with van der Waals surface area (Å²) < 4.78 is 29.7. The molecule has 1 aromatic carbocycles. The molecule has 3 aromatic rings. The number of aromatic nitrogens is 2. The number of fused-ring (bicyclic) bond motifs is 1. The minimum Gasteiger partial charge on any atom is -0.395 e. The first-order chi connectivity index (χ1) is 13.6. The van der Waals surface area contributed by atoms with Crippen molar-refractivity contribution in [2.24, 2.45) is 0 Å². The summed E-state index contributed by atoms with van der Waals surface area (Å²) in [5, 5.41) is 11.5. The highest BCUT2D eigenvalue weighted by Gasteiger charge is 2.29. The summed E-state index contributed by atoms with van der Waals surface area (Å²) in [6.07, 6.45) is 4.82. The van der Waals surface area contributed by atoms with E-state index in [0.29, 0.717) is 29.9 Å². The van der Waals surface area contributed by atoms with Crippen LogP contribution in [0, 0.1) is 11.6 Å². The van der Waals surface area contributed by atoms with Gasteiger partial charge in [-0.05, 0) is 43.2 Å². The van der Waals surface area contributed by atoms with E-state index in [-0.39, 0.29) is 25.1 Å². The second kappa shape index (κ2) is 7.55. The van der Waals surface area contributed by atoms with E-state index in [4.69, 9.17) is 5.11 Å². The SMILES string of the molecule is O=C(NCCO)c1cnc2ccc(N3CCCC3c3cc(F)ccc3F)cn12. The van der Waals surface area contributed by atoms with E-state index in [1.807, 2.05) is 11.0 Å². The molecule has 1 saturated heterocycles. The average Bonchev–Trinajstić information content (AvgIpc) is 3.34. The molecular formula is C20H20F2N4O2. The summed E-state index contributed by atoms with van der Waals surface area (Å²) in [6.45, 7) is 0.702. The lowest BCUT2D eigenvalue weighted by molar-refractivity contribution is 0.0939. The Morgan fingerprint density at radius 2 is 2.14 bits per heavy atom. The second-order valence-electron chi connectivity index (χ2n) is 6.76. The topological polar surface area (TPSA) is 69.9 Å². The normalized spacial score (nSPS) is 16.7. The van der Waals surface area contributed by atoms with Gasteiger partial charge in [-0.3, -0.25) is 9.20 Å². The van der Waals surface area contributed by atoms with Gasteiger partial charge in [0.15, 0.2) is 0 Å². The molecule has 1 amide bonds. The van der Waals surface area contributed by atoms with Gasteiger partial charge in [0, 0.05) is 24.8 Å². The molecule has 146 valence electrons. The first-order valence-corrected chi connectivity index (χ1v) is 9.16. The Kier molecular flexibility index (Phi) is 4.95. The molecule has 2 N–H and O–H groups in total. The molecule has 0 bridgehead atoms. The summed E-state index contributed by atoms with van der Waals surface area (Å²) in [6, 6.07) is 6.91. The van der Waals surface area contributed by atoms with Gasteiger partial charge in [0.1, 0.15) is 23.0 Å². The van der Waals surface area contributed by atoms with Gasteiger partial charge < -0.3 is 15.3 Å². The van der Waals surface area contributed by atoms with Gasteiger partial charge in [0.05, 0.1) is 24.5 Å². The van der Waals surface area contributed by atoms with Crippen molar-refractivity contribution in [2.75, 3.05) is 24.6 Å². The molecule has 0 radical (unpaired) electrons. The van der Waals surface area contributed by atoms with Gasteiger partial charge in [-0.25, -0.2) is 13.8 Å². The fourth-order valence-electron chi connectivity index (χ4n) is 3.74. The predicted molar refractivity (Wildman–Crippen MR) is 100 cm³/mol. The Morgan fingerprint density at radius 3 is 2.96 bits per heavy atom. The van der Waals surface area contributed by atoms with Crippen molar-refractivity contribution in [2.45, 2.75) is 18.9 Å². The Hall–Kier alpha value is -3.00. The molecule has 6 nitrogen and oxygen atoms in total. The maximum Gasteiger partial charge on any atom is 0.270 e. The Balaban J connectivity index is 1.70. The van der Waals surface area contributed by atoms with E-state index in [0.717, 1.165) is 24.2 Å². The van der Waals surface area contributed by atoms with Gasteiger partial charge in [-0.15, -0.1) is 0 Å². The van der Waals surface area contributed by atoms with Crippen molar-refractivity contribution in [1.82, 2.24) is 14.7 Å². The lowest BCUT2D eigenvalue weighted by atomic mass is 10.0. The maximum absolute atomic E-state index is 14.3. The molecular weight excluding hydrogens is 366 g/mol. The van der Waals surface area contributed by atoms with Crippen LogP contribution in [0.15, 0.2) is 42.7 Å². The quantitative estimate of drug-likeness (QED) is 0.707. The number of carbonyl (C=O) groups is 1. The van der Waals surface area contributed by atoms with Crippen molar-refractivity contribution in [3.63, 3.8) is 0 Å². The molecule has 0 saturated carbocycles. The standard InChI is InChI=1S/C20H20F2N4O2/c21-13-3-5-16(22)15(10-13)17-2-1-8-25(17)14-4-6-19-24-11-18(26(19)12-14)20(28)23-7-9-27/h3-6,10-12,17,27H,1-2,7-9H2,(H,23,28). The van der Waals surface area contributed by atoms with Crippen molar-refractivity contribution in [1.29, 1.82) is 0 Å². The van der Waals surface area contributed by atoms with E-state index < -0.39 is 11.6 Å². The Bertz CT molecular complexity index is 1020. The van der Waals surface area contributed by atoms with Crippen molar-refractivity contribution in [3.8, 4) is 0 Å². The highest BCUT2D eigenvalue weighted by Crippen LogP contribution is 2.37. The van der Waals surface area contributed by atoms with Crippen LogP contribution in [0.4, 0.5) is 14.5 Å². The molecule has 1 aliphatic rings. The lowest BCUT2D eigenvalue weighted by Gasteiger charge is -2.27. The van der Waals surface area contributed by atoms with Crippen molar-refractivity contribution < 1.29 is 18.7 Å². The Morgan fingerprint density at radius 1 is 1.29 bits per heavy atom. The zero-order valence-electron chi connectivity index (χ0n) is 15.1. The third-order valence-electron chi connectivity index (χ3n) is 5.02. The minimum atomic E-state index is -0.462. The number of anilines is 1. The number of hydrogen-bond acceptors (Lipinski definition) is 4. The summed E-state index contributed by atoms with van der Waals surface area (Å²) in [4.78, 5) is 18.5. The first-order valence-electron chi connectivity index (χ1n) is 9.16. The number of benzene rings is 1. The summed E-state index contributed by atoms with van der Waals surface area (Å²) in [5.41, 5.74) is 2.08. The predicted octanol–water partition coefficient (Wildman–Crippen LogP) is 2.68. The van der Waals surface area contributed by atoms with Crippen LogP contribution in [0.3, 0.4) is 0 Å². The van der Waals surface area contributed by atoms with Gasteiger partial charge >= 0.3 is 0 Å². The van der Waals surface area contributed by atoms with Crippen LogP contribution < -0.4 is 10.2 Å². The number of pyridine rings is 1. The van der Waals surface area contributed by atoms with E-state index in [1.54, 1.807) is 16.7 Å². The molecule has 1 fully saturated rings. The fraction of sp³-hybridized carbons (Fsp3) is 0.300. The monoisotopic (exact) mass is 386 g/mol. The van der Waals surface area contributed by atoms with E-state index in [2.05, 4.69) is 10.3 Å². The van der Waals surface area contributed by atoms with Crippen LogP contribution in [0.2, 0.25) is 0 Å². The van der Waals surface area contributed by atoms with Gasteiger partial charge in [0.25, 0.3) is 5.91 Å². The highest BCUT2D eigenvalue weighted by atomic mass is 19.1. The zero-order chi connectivity index (χ0) is 19.7. The number of amides is 1. The number of imidazole rings is 1. The van der Waals surface area contributed by atoms with E-state index in [1.165, 1.54) is 12.3 Å². The minimum absolute atomic E-state index is 0.150. The number of aliphatic hydroxyl groups excluding tert-OH is 1. The molecule has 2 aromatic heterocycles. The van der Waals surface area contributed by atoms with Gasteiger partial charge in [-0.1, -0.05) is 0 Å². The first kappa shape index (κ1) is 18.4. The third-order valence-corrected chi connectivity index (χ3v) is 5.02. The van der Waals surface area contributed by atoms with Crippen LogP contribution in [0.5, 0.6) is 0 Å². The molecule has 0 spiro atoms. The molecule has 1 atom stereocenters. The second-order valence-corrected chi connectivity index (χ2v) is 6.76. The molecule has 3 heterocycles. The largest absolute Gasteiger partial charge is 0.395 e. The van der Waals surface area contributed by atoms with E-state index in [9.17, 15) is 13.6 Å². The maximum atomic E-state index is 14.3. The molecule has 4 rings (SSSR count). The number of nitrogens with one attached hydrogen (secondary N) is 1. The summed E-state index contributed by atoms with van der Waals surface area (Å²) in [7, 11) is 0. The number of carbonyl (C=O) groups excluding carboxylic acids is 1. The van der Waals surface area contributed by atoms with Crippen molar-refractivity contribution in [3.05, 3.63) is 65.6 Å². The highest BCUT2D eigenvalue weighted by molar-refractivity contribution is 5.93. The third kappa shape index (κ3) is 3.31. The smallest absolute Gasteiger partial charge is 0.270 e. The molecule has 1 unspecified atom stereocenters. The van der Waals surface area contributed by atoms with Crippen LogP contribution in [-0.2, 0) is 0 Å². The van der Waals surface area contributed by atoms with E-state index >= 15 is 0 Å². The Labute approximate surface area is 160 Å². The van der Waals surface area contributed by atoms with Gasteiger partial charge in [0.2, 0.25) is 0 Å². The molecule has 0 aliphatic carbocycles. The number of aliphatic hydroxyl groups is 1. The summed E-state index contributed by atoms with van der Waals surface area (Å²) >= 11 is 0. The van der Waals surface area contributed by atoms with Gasteiger partial charge in [-0.2, -0.15) is 0 Å². The number of rotatable bonds is 5. The fourth-order valence-corrected chi connectivity index (χ4v) is 3.74. The molecule has 8 heteroatoms. The number of hydrogen-bond donors (Lipinski definition) is 2. The van der Waals surface area contributed by atoms with Crippen LogP contribution in [-0.4, -0.2) is 40.1 Å². The van der Waals surface area contributed by atoms with Crippen molar-refractivity contribution >= 4 is 17.2 Å². The number of halogens is 2. The molecule has 28 heavy (non-hydrogen) atoms. The average molecular weight is 386 g/mol. The lowest BCUT2D eigenvalue weighted by Crippen LogP contribution is -2.27. The molecule has 1 aliphatic heterocycles. The zero-order valence-corrected chi connectivity index (χ0v) is 15.1. The van der Waals surface area contributed by atoms with Crippen LogP contribution in [0.1, 0.15) is 34.9 Å². The number of nitrogens with zero attached hydrogens (tertiary/aromatic N) is 3.